The van der Waals surface area contributed by atoms with Gasteiger partial charge in [-0.05, 0) is 12.1 Å². The first-order chi connectivity index (χ1) is 6.01. The van der Waals surface area contributed by atoms with E-state index in [9.17, 15) is 17.1 Å². The smallest absolute Gasteiger partial charge is 0.358 e. The molecule has 6 heteroatoms. The van der Waals surface area contributed by atoms with Crippen LogP contribution in [0.2, 0.25) is 0 Å². The fourth-order valence-corrected chi connectivity index (χ4v) is 1.09. The summed E-state index contributed by atoms with van der Waals surface area (Å²) < 4.78 is 35.9. The topological polar surface area (TPSA) is 60.4 Å². The number of rotatable bonds is 3. The maximum Gasteiger partial charge on any atom is 0.488 e. The van der Waals surface area contributed by atoms with Crippen LogP contribution in [0.5, 0.6) is 5.75 Å². The van der Waals surface area contributed by atoms with E-state index in [1.165, 1.54) is 18.2 Å². The Hall–Kier alpha value is -1.43. The Balaban J connectivity index is 2.96. The van der Waals surface area contributed by atoms with Crippen molar-refractivity contribution in [3.8, 4) is 5.75 Å². The molecule has 4 nitrogen and oxygen atoms in total. The molecule has 0 amide bonds. The van der Waals surface area contributed by atoms with Gasteiger partial charge in [-0.3, -0.25) is 4.79 Å². The van der Waals surface area contributed by atoms with Gasteiger partial charge in [-0.1, -0.05) is 16.0 Å². The van der Waals surface area contributed by atoms with Crippen LogP contribution in [0, 0.1) is 0 Å². The van der Waals surface area contributed by atoms with Gasteiger partial charge in [0.1, 0.15) is 12.0 Å². The van der Waals surface area contributed by atoms with Crippen LogP contribution in [0.3, 0.4) is 0 Å². The van der Waals surface area contributed by atoms with Crippen LogP contribution in [0.4, 0.5) is 3.89 Å². The summed E-state index contributed by atoms with van der Waals surface area (Å²) >= 11 is 0. The molecule has 0 aromatic heterocycles. The van der Waals surface area contributed by atoms with Crippen LogP contribution >= 0.6 is 0 Å². The molecule has 0 N–H and O–H groups in total. The molecule has 0 fully saturated rings. The first-order valence-corrected chi connectivity index (χ1v) is 4.51. The zero-order chi connectivity index (χ0) is 9.90. The summed E-state index contributed by atoms with van der Waals surface area (Å²) in [6.45, 7) is 0. The SMILES string of the molecule is O=Cc1cccc(OS(=O)(=O)F)c1. The van der Waals surface area contributed by atoms with E-state index in [-0.39, 0.29) is 11.3 Å². The molecule has 0 saturated heterocycles. The Labute approximate surface area is 74.4 Å². The van der Waals surface area contributed by atoms with E-state index in [2.05, 4.69) is 4.18 Å². The third kappa shape index (κ3) is 3.20. The summed E-state index contributed by atoms with van der Waals surface area (Å²) in [5, 5.41) is 0. The van der Waals surface area contributed by atoms with Gasteiger partial charge in [0, 0.05) is 5.56 Å². The summed E-state index contributed by atoms with van der Waals surface area (Å²) in [5.74, 6) is -0.230. The highest BCUT2D eigenvalue weighted by Crippen LogP contribution is 2.14. The van der Waals surface area contributed by atoms with E-state index in [4.69, 9.17) is 0 Å². The zero-order valence-electron chi connectivity index (χ0n) is 6.31. The minimum absolute atomic E-state index is 0.209. The normalized spacial score (nSPS) is 10.8. The van der Waals surface area contributed by atoms with Crippen molar-refractivity contribution >= 4 is 16.8 Å². The molecule has 0 aliphatic carbocycles. The molecule has 0 unspecified atom stereocenters. The second-order valence-corrected chi connectivity index (χ2v) is 3.12. The second-order valence-electron chi connectivity index (χ2n) is 2.17. The minimum Gasteiger partial charge on any atom is -0.358 e. The van der Waals surface area contributed by atoms with Crippen LogP contribution in [-0.2, 0) is 10.5 Å². The Morgan fingerprint density at radius 2 is 2.08 bits per heavy atom. The molecule has 0 atom stereocenters. The van der Waals surface area contributed by atoms with Crippen LogP contribution in [-0.4, -0.2) is 14.7 Å². The van der Waals surface area contributed by atoms with Crippen molar-refractivity contribution in [2.45, 2.75) is 0 Å². The Morgan fingerprint density at radius 1 is 1.38 bits per heavy atom. The maximum absolute atomic E-state index is 12.0. The van der Waals surface area contributed by atoms with E-state index in [1.807, 2.05) is 0 Å². The highest BCUT2D eigenvalue weighted by molar-refractivity contribution is 7.81. The van der Waals surface area contributed by atoms with Crippen LogP contribution < -0.4 is 4.18 Å². The zero-order valence-corrected chi connectivity index (χ0v) is 7.12. The molecule has 1 rings (SSSR count). The molecule has 0 bridgehead atoms. The number of benzene rings is 1. The van der Waals surface area contributed by atoms with E-state index in [0.29, 0.717) is 6.29 Å². The van der Waals surface area contributed by atoms with Crippen LogP contribution in [0.1, 0.15) is 10.4 Å². The van der Waals surface area contributed by atoms with E-state index >= 15 is 0 Å². The van der Waals surface area contributed by atoms with Gasteiger partial charge in [0.15, 0.2) is 0 Å². The monoisotopic (exact) mass is 204 g/mol. The predicted octanol–water partition coefficient (Wildman–Crippen LogP) is 1.09. The number of carbonyl (C=O) groups excluding carboxylic acids is 1. The molecule has 1 aromatic carbocycles. The second kappa shape index (κ2) is 3.53. The fourth-order valence-electron chi connectivity index (χ4n) is 0.755. The number of halogens is 1. The average molecular weight is 204 g/mol. The van der Waals surface area contributed by atoms with Crippen molar-refractivity contribution in [3.05, 3.63) is 29.8 Å². The predicted molar refractivity (Wildman–Crippen MR) is 42.5 cm³/mol. The molecular formula is C7H5FO4S. The highest BCUT2D eigenvalue weighted by Gasteiger charge is 2.09. The molecule has 0 spiro atoms. The summed E-state index contributed by atoms with van der Waals surface area (Å²) in [6.07, 6.45) is 0.498. The van der Waals surface area contributed by atoms with Crippen molar-refractivity contribution < 1.29 is 21.3 Å². The van der Waals surface area contributed by atoms with Crippen molar-refractivity contribution in [1.29, 1.82) is 0 Å². The van der Waals surface area contributed by atoms with Gasteiger partial charge in [-0.2, -0.15) is 8.42 Å². The first-order valence-electron chi connectivity index (χ1n) is 3.20. The molecule has 0 aliphatic rings. The van der Waals surface area contributed by atoms with Gasteiger partial charge in [0.25, 0.3) is 0 Å². The lowest BCUT2D eigenvalue weighted by Crippen LogP contribution is -2.01. The number of hydrogen-bond acceptors (Lipinski definition) is 4. The molecule has 0 radical (unpaired) electrons. The van der Waals surface area contributed by atoms with Gasteiger partial charge in [-0.15, -0.1) is 0 Å². The van der Waals surface area contributed by atoms with Gasteiger partial charge in [0.2, 0.25) is 0 Å². The van der Waals surface area contributed by atoms with E-state index in [1.54, 1.807) is 0 Å². The standard InChI is InChI=1S/C7H5FO4S/c8-13(10,11)12-7-3-1-2-6(4-7)5-9/h1-5H. The fraction of sp³-hybridized carbons (Fsp3) is 0. The summed E-state index contributed by atoms with van der Waals surface area (Å²) in [5.41, 5.74) is 0.209. The third-order valence-corrected chi connectivity index (χ3v) is 1.58. The summed E-state index contributed by atoms with van der Waals surface area (Å²) in [7, 11) is -5.02. The van der Waals surface area contributed by atoms with Crippen molar-refractivity contribution in [3.63, 3.8) is 0 Å². The molecule has 0 aliphatic heterocycles. The molecule has 1 aromatic rings. The van der Waals surface area contributed by atoms with Gasteiger partial charge >= 0.3 is 10.5 Å². The molecule has 0 heterocycles. The molecule has 70 valence electrons. The minimum atomic E-state index is -5.02. The Bertz CT molecular complexity index is 412. The third-order valence-electron chi connectivity index (χ3n) is 1.19. The van der Waals surface area contributed by atoms with Crippen molar-refractivity contribution in [2.75, 3.05) is 0 Å². The number of aldehydes is 1. The molecule has 0 saturated carbocycles. The van der Waals surface area contributed by atoms with Gasteiger partial charge in [0.05, 0.1) is 0 Å². The maximum atomic E-state index is 12.0. The number of carbonyl (C=O) groups is 1. The lowest BCUT2D eigenvalue weighted by molar-refractivity contribution is 0.112. The summed E-state index contributed by atoms with van der Waals surface area (Å²) in [6, 6.07) is 5.16. The van der Waals surface area contributed by atoms with E-state index in [0.717, 1.165) is 6.07 Å². The average Bonchev–Trinajstić information content (AvgIpc) is 2.01. The quantitative estimate of drug-likeness (QED) is 0.546. The van der Waals surface area contributed by atoms with Crippen molar-refractivity contribution in [1.82, 2.24) is 0 Å². The summed E-state index contributed by atoms with van der Waals surface area (Å²) in [4.78, 5) is 10.2. The molecule has 13 heavy (non-hydrogen) atoms. The lowest BCUT2D eigenvalue weighted by atomic mass is 10.2. The Morgan fingerprint density at radius 3 is 2.62 bits per heavy atom. The van der Waals surface area contributed by atoms with Gasteiger partial charge in [-0.25, -0.2) is 0 Å². The highest BCUT2D eigenvalue weighted by atomic mass is 32.3. The van der Waals surface area contributed by atoms with Crippen LogP contribution in [0.15, 0.2) is 24.3 Å². The van der Waals surface area contributed by atoms with Crippen LogP contribution in [0.25, 0.3) is 0 Å². The Kier molecular flexibility index (Phi) is 2.62. The molecular weight excluding hydrogens is 199 g/mol. The van der Waals surface area contributed by atoms with Crippen molar-refractivity contribution in [2.24, 2.45) is 0 Å². The van der Waals surface area contributed by atoms with Gasteiger partial charge < -0.3 is 4.18 Å². The largest absolute Gasteiger partial charge is 0.488 e. The lowest BCUT2D eigenvalue weighted by Gasteiger charge is -1.98. The number of hydrogen-bond donors (Lipinski definition) is 0. The first kappa shape index (κ1) is 9.66. The van der Waals surface area contributed by atoms with E-state index < -0.39 is 10.5 Å².